The van der Waals surface area contributed by atoms with E-state index in [0.29, 0.717) is 0 Å². The number of guanidine groups is 2. The van der Waals surface area contributed by atoms with E-state index < -0.39 is 41.5 Å². The third-order valence-corrected chi connectivity index (χ3v) is 7.71. The van der Waals surface area contributed by atoms with Gasteiger partial charge in [-0.3, -0.25) is 18.2 Å². The van der Waals surface area contributed by atoms with Crippen LogP contribution in [0.1, 0.15) is 61.0 Å². The van der Waals surface area contributed by atoms with Crippen molar-refractivity contribution in [3.8, 4) is 0 Å². The number of aryl methyl sites for hydroxylation is 1. The van der Waals surface area contributed by atoms with Gasteiger partial charge in [-0.1, -0.05) is 91.3 Å². The number of hydrogen-bond donors (Lipinski definition) is 8. The highest BCUT2D eigenvalue weighted by atomic mass is 32.3. The Kier molecular flexibility index (Phi) is 19.9. The first-order valence-electron chi connectivity index (χ1n) is 13.1. The fraction of sp³-hybridized carbons (Fsp3) is 0.680. The molecule has 0 aliphatic carbocycles. The van der Waals surface area contributed by atoms with Gasteiger partial charge in [0.25, 0.3) is 20.2 Å². The molecule has 2 unspecified atom stereocenters. The largest absolute Gasteiger partial charge is 0.394 e. The Balaban J connectivity index is -0.000000559. The topological polar surface area (TPSA) is 312 Å². The van der Waals surface area contributed by atoms with Crippen molar-refractivity contribution in [1.82, 2.24) is 0 Å². The fourth-order valence-corrected chi connectivity index (χ4v) is 6.64. The molecule has 0 fully saturated rings. The van der Waals surface area contributed by atoms with Crippen molar-refractivity contribution in [3.63, 3.8) is 0 Å². The normalized spacial score (nSPS) is 13.5. The number of benzene rings is 1. The minimum atomic E-state index is -4.67. The minimum absolute atomic E-state index is 0.0684. The zero-order valence-corrected chi connectivity index (χ0v) is 29.2. The van der Waals surface area contributed by atoms with Crippen molar-refractivity contribution >= 4 is 42.6 Å². The van der Waals surface area contributed by atoms with Crippen molar-refractivity contribution in [1.29, 1.82) is 0 Å². The van der Waals surface area contributed by atoms with E-state index >= 15 is 0 Å². The number of aliphatic imine (C=N–C) groups is 2. The summed E-state index contributed by atoms with van der Waals surface area (Å²) in [4.78, 5) is 8.06. The van der Waals surface area contributed by atoms with Crippen molar-refractivity contribution in [2.45, 2.75) is 74.4 Å². The summed E-state index contributed by atoms with van der Waals surface area (Å²) in [6, 6.07) is 9.54. The third-order valence-electron chi connectivity index (χ3n) is 5.49. The second kappa shape index (κ2) is 19.1. The van der Waals surface area contributed by atoms with Crippen LogP contribution in [0.15, 0.2) is 40.3 Å². The van der Waals surface area contributed by atoms with E-state index in [1.54, 1.807) is 27.7 Å². The Hall–Kier alpha value is -2.55. The summed E-state index contributed by atoms with van der Waals surface area (Å²) in [5.74, 6) is -0.777. The zero-order chi connectivity index (χ0) is 35.9. The molecular formula is C25H52N6O10S3. The maximum atomic E-state index is 10.9. The van der Waals surface area contributed by atoms with Gasteiger partial charge in [-0.25, -0.2) is 9.98 Å². The summed E-state index contributed by atoms with van der Waals surface area (Å²) < 4.78 is 93.0. The summed E-state index contributed by atoms with van der Waals surface area (Å²) in [5.41, 5.74) is 21.1. The highest BCUT2D eigenvalue weighted by Gasteiger charge is 2.36. The lowest BCUT2D eigenvalue weighted by atomic mass is 9.80. The molecular weight excluding hydrogens is 641 g/mol. The molecule has 0 radical (unpaired) electrons. The molecule has 0 amide bonds. The number of nitrogens with two attached hydrogens (primary N) is 4. The smallest absolute Gasteiger partial charge is 0.370 e. The van der Waals surface area contributed by atoms with Gasteiger partial charge in [0.2, 0.25) is 0 Å². The van der Waals surface area contributed by atoms with E-state index in [1.165, 1.54) is 5.56 Å². The first-order chi connectivity index (χ1) is 19.3. The molecule has 0 saturated heterocycles. The van der Waals surface area contributed by atoms with Gasteiger partial charge in [-0.15, -0.1) is 0 Å². The molecule has 0 aliphatic heterocycles. The molecule has 16 nitrogen and oxygen atoms in total. The van der Waals surface area contributed by atoms with E-state index in [9.17, 15) is 16.8 Å². The fourth-order valence-electron chi connectivity index (χ4n) is 4.42. The summed E-state index contributed by atoms with van der Waals surface area (Å²) >= 11 is 0. The maximum absolute atomic E-state index is 10.9. The summed E-state index contributed by atoms with van der Waals surface area (Å²) in [5, 5.41) is 0. The minimum Gasteiger partial charge on any atom is -0.370 e. The van der Waals surface area contributed by atoms with E-state index in [2.05, 4.69) is 29.0 Å². The van der Waals surface area contributed by atoms with Crippen LogP contribution in [-0.2, 0) is 30.6 Å². The van der Waals surface area contributed by atoms with Crippen molar-refractivity contribution in [2.75, 3.05) is 11.5 Å². The predicted molar refractivity (Wildman–Crippen MR) is 175 cm³/mol. The lowest BCUT2D eigenvalue weighted by molar-refractivity contribution is 0.259. The molecule has 0 bridgehead atoms. The number of nitrogens with zero attached hydrogens (tertiary/aromatic N) is 2. The molecule has 0 aliphatic rings. The molecule has 2 atom stereocenters. The molecule has 260 valence electrons. The predicted octanol–water partition coefficient (Wildman–Crippen LogP) is 1.74. The average molecular weight is 693 g/mol. The molecule has 12 N–H and O–H groups in total. The highest BCUT2D eigenvalue weighted by Crippen LogP contribution is 2.31. The number of rotatable bonds is 10. The van der Waals surface area contributed by atoms with Crippen LogP contribution >= 0.6 is 0 Å². The maximum Gasteiger partial charge on any atom is 0.394 e. The lowest BCUT2D eigenvalue weighted by Gasteiger charge is -2.33. The number of hydrogen-bond acceptors (Lipinski definition) is 8. The van der Waals surface area contributed by atoms with Crippen LogP contribution in [0.5, 0.6) is 0 Å². The highest BCUT2D eigenvalue weighted by molar-refractivity contribution is 7.86. The van der Waals surface area contributed by atoms with Crippen LogP contribution in [-0.4, -0.2) is 79.0 Å². The van der Waals surface area contributed by atoms with E-state index in [1.807, 2.05) is 45.9 Å². The van der Waals surface area contributed by atoms with Gasteiger partial charge in [-0.2, -0.15) is 25.3 Å². The lowest BCUT2D eigenvalue weighted by Crippen LogP contribution is -2.40. The standard InChI is InChI=1S/2C9H21N3O3S.C7H8.H2O4S/c2*1-6(2)7(12-8(10)11)9(3,4)5-16(13,14)15;1-7-5-3-2-4-6-7;1-5(2,3)4/h2*6-7H,5H2,1-4H3,(H4,10,11,12)(H,13,14,15);2-6H,1H3;(H2,1,2,3,4). The second-order valence-corrected chi connectivity index (χ2v) is 15.8. The van der Waals surface area contributed by atoms with Gasteiger partial charge >= 0.3 is 10.4 Å². The van der Waals surface area contributed by atoms with Crippen molar-refractivity contribution in [2.24, 2.45) is 55.6 Å². The van der Waals surface area contributed by atoms with Crippen LogP contribution in [0.2, 0.25) is 0 Å². The molecule has 0 heterocycles. The molecule has 44 heavy (non-hydrogen) atoms. The molecule has 0 saturated carbocycles. The quantitative estimate of drug-likeness (QED) is 0.0984. The monoisotopic (exact) mass is 692 g/mol. The Morgan fingerprint density at radius 3 is 1.05 bits per heavy atom. The van der Waals surface area contributed by atoms with E-state index in [4.69, 9.17) is 49.6 Å². The Labute approximate surface area is 262 Å². The second-order valence-electron chi connectivity index (χ2n) is 12.0. The molecule has 0 aromatic heterocycles. The van der Waals surface area contributed by atoms with E-state index in [0.717, 1.165) is 0 Å². The molecule has 1 aromatic rings. The SMILES string of the molecule is CC(C)C(N=C(N)N)C(C)(C)CS(=O)(=O)O.CC(C)C(N=C(N)N)C(C)(C)CS(=O)(=O)O.Cc1ccccc1.O=S(=O)(O)O. The average Bonchev–Trinajstić information content (AvgIpc) is 2.72. The van der Waals surface area contributed by atoms with Crippen LogP contribution < -0.4 is 22.9 Å². The van der Waals surface area contributed by atoms with Gasteiger partial charge < -0.3 is 22.9 Å². The molecule has 0 spiro atoms. The van der Waals surface area contributed by atoms with Crippen LogP contribution in [0.25, 0.3) is 0 Å². The van der Waals surface area contributed by atoms with E-state index in [-0.39, 0.29) is 47.3 Å². The zero-order valence-electron chi connectivity index (χ0n) is 26.8. The van der Waals surface area contributed by atoms with Gasteiger partial charge in [0.05, 0.1) is 23.6 Å². The first-order valence-corrected chi connectivity index (χ1v) is 17.7. The van der Waals surface area contributed by atoms with Crippen LogP contribution in [0.4, 0.5) is 0 Å². The summed E-state index contributed by atoms with van der Waals surface area (Å²) in [6.07, 6.45) is 0. The Morgan fingerprint density at radius 1 is 0.659 bits per heavy atom. The van der Waals surface area contributed by atoms with Gasteiger partial charge in [-0.05, 0) is 18.8 Å². The summed E-state index contributed by atoms with van der Waals surface area (Å²) in [6.45, 7) is 16.5. The third kappa shape index (κ3) is 28.2. The van der Waals surface area contributed by atoms with Gasteiger partial charge in [0, 0.05) is 10.8 Å². The molecule has 1 rings (SSSR count). The van der Waals surface area contributed by atoms with Crippen LogP contribution in [0, 0.1) is 29.6 Å². The van der Waals surface area contributed by atoms with Crippen molar-refractivity contribution in [3.05, 3.63) is 35.9 Å². The van der Waals surface area contributed by atoms with Crippen molar-refractivity contribution < 1.29 is 43.5 Å². The van der Waals surface area contributed by atoms with Gasteiger partial charge in [0.15, 0.2) is 11.9 Å². The van der Waals surface area contributed by atoms with Crippen LogP contribution in [0.3, 0.4) is 0 Å². The summed E-state index contributed by atoms with van der Waals surface area (Å²) in [7, 11) is -12.8. The molecule has 1 aromatic carbocycles. The Bertz CT molecular complexity index is 1270. The first kappa shape index (κ1) is 45.9. The molecule has 19 heteroatoms. The Morgan fingerprint density at radius 2 is 0.909 bits per heavy atom. The van der Waals surface area contributed by atoms with Gasteiger partial charge in [0.1, 0.15) is 0 Å².